The first-order chi connectivity index (χ1) is 12.6. The lowest BCUT2D eigenvalue weighted by atomic mass is 10.1. The Labute approximate surface area is 157 Å². The number of Topliss-reactive ketones (excluding diaryl/α,β-unsaturated/α-hetero) is 1. The van der Waals surface area contributed by atoms with Gasteiger partial charge < -0.3 is 9.67 Å². The van der Waals surface area contributed by atoms with E-state index in [9.17, 15) is 9.90 Å². The summed E-state index contributed by atoms with van der Waals surface area (Å²) in [6, 6.07) is 15.6. The summed E-state index contributed by atoms with van der Waals surface area (Å²) in [7, 11) is 0. The number of benzene rings is 2. The molecule has 2 heterocycles. The van der Waals surface area contributed by atoms with E-state index in [2.05, 4.69) is 4.90 Å². The molecule has 0 aliphatic carbocycles. The molecule has 26 heavy (non-hydrogen) atoms. The van der Waals surface area contributed by atoms with Gasteiger partial charge in [0.05, 0.1) is 18.2 Å². The zero-order valence-corrected chi connectivity index (χ0v) is 15.2. The third-order valence-electron chi connectivity index (χ3n) is 5.04. The van der Waals surface area contributed by atoms with E-state index in [1.54, 1.807) is 0 Å². The summed E-state index contributed by atoms with van der Waals surface area (Å²) in [4.78, 5) is 15.1. The van der Waals surface area contributed by atoms with Gasteiger partial charge >= 0.3 is 0 Å². The van der Waals surface area contributed by atoms with Gasteiger partial charge in [0, 0.05) is 40.9 Å². The highest BCUT2D eigenvalue weighted by molar-refractivity contribution is 6.30. The molecule has 4 nitrogen and oxygen atoms in total. The summed E-state index contributed by atoms with van der Waals surface area (Å²) in [6.45, 7) is 1.92. The Morgan fingerprint density at radius 1 is 1.08 bits per heavy atom. The van der Waals surface area contributed by atoms with E-state index in [4.69, 9.17) is 11.6 Å². The Morgan fingerprint density at radius 3 is 2.50 bits per heavy atom. The second-order valence-electron chi connectivity index (χ2n) is 6.84. The Bertz CT molecular complexity index is 925. The van der Waals surface area contributed by atoms with Gasteiger partial charge in [-0.05, 0) is 43.2 Å². The minimum atomic E-state index is -0.229. The first-order valence-electron chi connectivity index (χ1n) is 8.91. The molecule has 5 heteroatoms. The van der Waals surface area contributed by atoms with Crippen LogP contribution in [-0.4, -0.2) is 46.1 Å². The molecule has 0 spiro atoms. The molecular formula is C21H21ClN2O2. The number of hydrogen-bond donors (Lipinski definition) is 1. The maximum atomic E-state index is 13.0. The van der Waals surface area contributed by atoms with Gasteiger partial charge in [0.15, 0.2) is 5.78 Å². The number of piperidine rings is 1. The van der Waals surface area contributed by atoms with Crippen LogP contribution in [0.1, 0.15) is 23.2 Å². The molecule has 0 radical (unpaired) electrons. The van der Waals surface area contributed by atoms with E-state index in [1.807, 2.05) is 59.3 Å². The minimum Gasteiger partial charge on any atom is -0.393 e. The quantitative estimate of drug-likeness (QED) is 0.710. The third-order valence-corrected chi connectivity index (χ3v) is 5.29. The molecule has 1 saturated heterocycles. The molecule has 134 valence electrons. The minimum absolute atomic E-state index is 0.116. The average Bonchev–Trinajstić information content (AvgIpc) is 3.04. The van der Waals surface area contributed by atoms with Crippen molar-refractivity contribution in [3.8, 4) is 5.69 Å². The number of aliphatic hydroxyl groups excluding tert-OH is 1. The second-order valence-corrected chi connectivity index (χ2v) is 7.27. The van der Waals surface area contributed by atoms with Crippen LogP contribution in [0.15, 0.2) is 54.7 Å². The molecule has 0 atom stereocenters. The number of fused-ring (bicyclic) bond motifs is 1. The number of carbonyl (C=O) groups is 1. The fourth-order valence-electron chi connectivity index (χ4n) is 3.58. The topological polar surface area (TPSA) is 45.5 Å². The highest BCUT2D eigenvalue weighted by atomic mass is 35.5. The van der Waals surface area contributed by atoms with Crippen LogP contribution in [0.4, 0.5) is 0 Å². The lowest BCUT2D eigenvalue weighted by Crippen LogP contribution is -2.39. The number of nitrogens with zero attached hydrogens (tertiary/aromatic N) is 2. The van der Waals surface area contributed by atoms with Crippen molar-refractivity contribution >= 4 is 28.3 Å². The van der Waals surface area contributed by atoms with E-state index in [0.29, 0.717) is 11.6 Å². The van der Waals surface area contributed by atoms with Crippen molar-refractivity contribution in [2.24, 2.45) is 0 Å². The molecule has 1 aromatic heterocycles. The first-order valence-corrected chi connectivity index (χ1v) is 9.29. The number of likely N-dealkylation sites (tertiary alicyclic amines) is 1. The molecule has 2 aromatic carbocycles. The van der Waals surface area contributed by atoms with Gasteiger partial charge in [-0.15, -0.1) is 0 Å². The maximum Gasteiger partial charge on any atom is 0.178 e. The summed E-state index contributed by atoms with van der Waals surface area (Å²) in [6.07, 6.45) is 3.17. The van der Waals surface area contributed by atoms with Crippen LogP contribution in [0.3, 0.4) is 0 Å². The Kier molecular flexibility index (Phi) is 4.81. The van der Waals surface area contributed by atoms with Gasteiger partial charge in [-0.2, -0.15) is 0 Å². The van der Waals surface area contributed by atoms with Gasteiger partial charge in [0.1, 0.15) is 0 Å². The monoisotopic (exact) mass is 368 g/mol. The summed E-state index contributed by atoms with van der Waals surface area (Å²) in [5.41, 5.74) is 2.72. The van der Waals surface area contributed by atoms with Crippen molar-refractivity contribution in [1.82, 2.24) is 9.47 Å². The van der Waals surface area contributed by atoms with Gasteiger partial charge in [-0.1, -0.05) is 29.8 Å². The summed E-state index contributed by atoms with van der Waals surface area (Å²) < 4.78 is 2.04. The number of aliphatic hydroxyl groups is 1. The van der Waals surface area contributed by atoms with Crippen molar-refractivity contribution in [1.29, 1.82) is 0 Å². The van der Waals surface area contributed by atoms with Crippen molar-refractivity contribution in [3.63, 3.8) is 0 Å². The van der Waals surface area contributed by atoms with Gasteiger partial charge in [0.25, 0.3) is 0 Å². The van der Waals surface area contributed by atoms with E-state index >= 15 is 0 Å². The predicted molar refractivity (Wildman–Crippen MR) is 104 cm³/mol. The standard InChI is InChI=1S/C21H21ClN2O2/c22-15-5-7-16(8-6-15)24-13-19(18-3-1-2-4-20(18)24)21(26)14-23-11-9-17(25)10-12-23/h1-8,13,17,25H,9-12,14H2. The average molecular weight is 369 g/mol. The summed E-state index contributed by atoms with van der Waals surface area (Å²) >= 11 is 6.01. The smallest absolute Gasteiger partial charge is 0.178 e. The van der Waals surface area contributed by atoms with Gasteiger partial charge in [-0.25, -0.2) is 0 Å². The van der Waals surface area contributed by atoms with Crippen LogP contribution in [0.25, 0.3) is 16.6 Å². The van der Waals surface area contributed by atoms with E-state index < -0.39 is 0 Å². The van der Waals surface area contributed by atoms with Crippen LogP contribution in [-0.2, 0) is 0 Å². The lowest BCUT2D eigenvalue weighted by molar-refractivity contribution is 0.0712. The molecule has 0 amide bonds. The molecule has 1 aliphatic heterocycles. The third kappa shape index (κ3) is 3.40. The normalized spacial score (nSPS) is 16.2. The molecule has 1 fully saturated rings. The fourth-order valence-corrected chi connectivity index (χ4v) is 3.71. The van der Waals surface area contributed by atoms with E-state index in [1.165, 1.54) is 0 Å². The van der Waals surface area contributed by atoms with Crippen molar-refractivity contribution in [2.45, 2.75) is 18.9 Å². The zero-order chi connectivity index (χ0) is 18.1. The maximum absolute atomic E-state index is 13.0. The predicted octanol–water partition coefficient (Wildman–Crippen LogP) is 3.92. The largest absolute Gasteiger partial charge is 0.393 e. The molecule has 0 saturated carbocycles. The van der Waals surface area contributed by atoms with Gasteiger partial charge in [0.2, 0.25) is 0 Å². The van der Waals surface area contributed by atoms with Crippen LogP contribution in [0.5, 0.6) is 0 Å². The van der Waals surface area contributed by atoms with Crippen LogP contribution in [0, 0.1) is 0 Å². The number of carbonyl (C=O) groups excluding carboxylic acids is 1. The number of ketones is 1. The van der Waals surface area contributed by atoms with Crippen molar-refractivity contribution < 1.29 is 9.90 Å². The molecule has 0 unspecified atom stereocenters. The summed E-state index contributed by atoms with van der Waals surface area (Å²) in [5.74, 6) is 0.116. The van der Waals surface area contributed by atoms with E-state index in [-0.39, 0.29) is 11.9 Å². The Morgan fingerprint density at radius 2 is 1.77 bits per heavy atom. The SMILES string of the molecule is O=C(CN1CCC(O)CC1)c1cn(-c2ccc(Cl)cc2)c2ccccc12. The lowest BCUT2D eigenvalue weighted by Gasteiger charge is -2.28. The number of halogens is 1. The Balaban J connectivity index is 1.67. The first kappa shape index (κ1) is 17.3. The van der Waals surface area contributed by atoms with Crippen LogP contribution in [0.2, 0.25) is 5.02 Å². The highest BCUT2D eigenvalue weighted by Crippen LogP contribution is 2.26. The van der Waals surface area contributed by atoms with E-state index in [0.717, 1.165) is 48.1 Å². The van der Waals surface area contributed by atoms with Gasteiger partial charge in [-0.3, -0.25) is 9.69 Å². The Hall–Kier alpha value is -2.14. The number of hydrogen-bond acceptors (Lipinski definition) is 3. The van der Waals surface area contributed by atoms with Crippen LogP contribution >= 0.6 is 11.6 Å². The molecule has 0 bridgehead atoms. The van der Waals surface area contributed by atoms with Crippen molar-refractivity contribution in [2.75, 3.05) is 19.6 Å². The number of rotatable bonds is 4. The number of para-hydroxylation sites is 1. The molecule has 1 aliphatic rings. The summed E-state index contributed by atoms with van der Waals surface area (Å²) in [5, 5.41) is 11.3. The molecule has 1 N–H and O–H groups in total. The highest BCUT2D eigenvalue weighted by Gasteiger charge is 2.22. The zero-order valence-electron chi connectivity index (χ0n) is 14.4. The molecule has 3 aromatic rings. The van der Waals surface area contributed by atoms with Crippen molar-refractivity contribution in [3.05, 3.63) is 65.3 Å². The second kappa shape index (κ2) is 7.23. The number of aromatic nitrogens is 1. The fraction of sp³-hybridized carbons (Fsp3) is 0.286. The van der Waals surface area contributed by atoms with Crippen LogP contribution < -0.4 is 0 Å². The molecular weight excluding hydrogens is 348 g/mol. The molecule has 4 rings (SSSR count).